The molecule has 106 valence electrons. The first-order chi connectivity index (χ1) is 9.83. The molecule has 0 spiro atoms. The normalized spacial score (nSPS) is 16.2. The third kappa shape index (κ3) is 3.68. The molecule has 0 amide bonds. The Balaban J connectivity index is 1.63. The molecule has 1 aliphatic rings. The monoisotopic (exact) mass is 286 g/mol. The highest BCUT2D eigenvalue weighted by molar-refractivity contribution is 7.09. The summed E-state index contributed by atoms with van der Waals surface area (Å²) in [5, 5.41) is 3.69. The number of hydrogen-bond donors (Lipinski definition) is 1. The van der Waals surface area contributed by atoms with Gasteiger partial charge in [-0.15, -0.1) is 11.3 Å². The highest BCUT2D eigenvalue weighted by Gasteiger charge is 2.22. The van der Waals surface area contributed by atoms with Gasteiger partial charge in [-0.3, -0.25) is 0 Å². The molecule has 0 saturated heterocycles. The average Bonchev–Trinajstić information content (AvgIpc) is 3.22. The molecule has 1 heterocycles. The van der Waals surface area contributed by atoms with Crippen molar-refractivity contribution in [3.8, 4) is 0 Å². The van der Waals surface area contributed by atoms with E-state index in [1.165, 1.54) is 35.4 Å². The lowest BCUT2D eigenvalue weighted by molar-refractivity contribution is 0.549. The Morgan fingerprint density at radius 1 is 1.30 bits per heavy atom. The van der Waals surface area contributed by atoms with Crippen LogP contribution in [0.15, 0.2) is 35.8 Å². The van der Waals surface area contributed by atoms with Crippen molar-refractivity contribution >= 4 is 11.3 Å². The quantitative estimate of drug-likeness (QED) is 0.834. The molecule has 1 fully saturated rings. The van der Waals surface area contributed by atoms with Crippen LogP contribution in [0.4, 0.5) is 0 Å². The summed E-state index contributed by atoms with van der Waals surface area (Å²) in [5.41, 5.74) is 4.63. The molecule has 2 aromatic rings. The number of rotatable bonds is 7. The maximum atomic E-state index is 4.35. The van der Waals surface area contributed by atoms with Gasteiger partial charge in [-0.2, -0.15) is 0 Å². The summed E-state index contributed by atoms with van der Waals surface area (Å²) in [6, 6.07) is 11.7. The predicted octanol–water partition coefficient (Wildman–Crippen LogP) is 3.92. The second-order valence-electron chi connectivity index (χ2n) is 5.69. The Morgan fingerprint density at radius 2 is 2.10 bits per heavy atom. The Kier molecular flexibility index (Phi) is 4.48. The zero-order chi connectivity index (χ0) is 13.8. The van der Waals surface area contributed by atoms with Crippen molar-refractivity contribution in [2.45, 2.75) is 44.6 Å². The fourth-order valence-electron chi connectivity index (χ4n) is 2.58. The first-order valence-corrected chi connectivity index (χ1v) is 8.38. The number of benzene rings is 1. The summed E-state index contributed by atoms with van der Waals surface area (Å²) >= 11 is 1.79. The summed E-state index contributed by atoms with van der Waals surface area (Å²) in [6.45, 7) is 3.22. The molecule has 1 unspecified atom stereocenters. The van der Waals surface area contributed by atoms with Crippen LogP contribution in [-0.4, -0.2) is 17.6 Å². The smallest absolute Gasteiger partial charge is 0.0797 e. The fraction of sp³-hybridized carbons (Fsp3) is 0.471. The Labute approximate surface area is 125 Å². The van der Waals surface area contributed by atoms with Crippen molar-refractivity contribution in [2.75, 3.05) is 6.54 Å². The maximum absolute atomic E-state index is 4.35. The largest absolute Gasteiger partial charge is 0.313 e. The molecule has 0 aliphatic heterocycles. The molecule has 1 aromatic heterocycles. The van der Waals surface area contributed by atoms with E-state index in [2.05, 4.69) is 47.6 Å². The van der Waals surface area contributed by atoms with E-state index < -0.39 is 0 Å². The molecular formula is C17H22N2S. The van der Waals surface area contributed by atoms with Gasteiger partial charge < -0.3 is 5.32 Å². The third-order valence-corrected chi connectivity index (χ3v) is 5.06. The Hall–Kier alpha value is -1.19. The van der Waals surface area contributed by atoms with E-state index in [0.717, 1.165) is 19.0 Å². The summed E-state index contributed by atoms with van der Waals surface area (Å²) in [5.74, 6) is 0.610. The average molecular weight is 286 g/mol. The van der Waals surface area contributed by atoms with Crippen LogP contribution in [0, 0.1) is 6.92 Å². The van der Waals surface area contributed by atoms with E-state index in [9.17, 15) is 0 Å². The van der Waals surface area contributed by atoms with E-state index in [4.69, 9.17) is 0 Å². The second kappa shape index (κ2) is 6.51. The standard InChI is InChI=1S/C17H22N2S/c1-13-17(20-12-19-13)10-7-15(11-18-16-8-9-16)14-5-3-2-4-6-14/h2-6,12,15-16,18H,7-11H2,1H3. The zero-order valence-electron chi connectivity index (χ0n) is 12.0. The summed E-state index contributed by atoms with van der Waals surface area (Å²) < 4.78 is 0. The molecule has 3 rings (SSSR count). The van der Waals surface area contributed by atoms with E-state index >= 15 is 0 Å². The lowest BCUT2D eigenvalue weighted by Gasteiger charge is -2.18. The first-order valence-electron chi connectivity index (χ1n) is 7.50. The Bertz CT molecular complexity index is 531. The number of nitrogens with one attached hydrogen (secondary N) is 1. The Morgan fingerprint density at radius 3 is 2.75 bits per heavy atom. The van der Waals surface area contributed by atoms with Crippen LogP contribution >= 0.6 is 11.3 Å². The third-order valence-electron chi connectivity index (χ3n) is 4.07. The van der Waals surface area contributed by atoms with Crippen molar-refractivity contribution in [3.63, 3.8) is 0 Å². The molecule has 0 radical (unpaired) electrons. The number of nitrogens with zero attached hydrogens (tertiary/aromatic N) is 1. The molecule has 1 atom stereocenters. The molecule has 1 N–H and O–H groups in total. The van der Waals surface area contributed by atoms with Crippen molar-refractivity contribution in [1.82, 2.24) is 10.3 Å². The van der Waals surface area contributed by atoms with Crippen LogP contribution in [0.5, 0.6) is 0 Å². The summed E-state index contributed by atoms with van der Waals surface area (Å²) in [4.78, 5) is 5.80. The summed E-state index contributed by atoms with van der Waals surface area (Å²) in [7, 11) is 0. The van der Waals surface area contributed by atoms with Crippen LogP contribution < -0.4 is 5.32 Å². The lowest BCUT2D eigenvalue weighted by Crippen LogP contribution is -2.24. The van der Waals surface area contributed by atoms with Gasteiger partial charge in [-0.1, -0.05) is 30.3 Å². The number of aryl methyl sites for hydroxylation is 2. The van der Waals surface area contributed by atoms with Gasteiger partial charge in [0.25, 0.3) is 0 Å². The van der Waals surface area contributed by atoms with Crippen LogP contribution in [0.1, 0.15) is 41.3 Å². The predicted molar refractivity (Wildman–Crippen MR) is 85.4 cm³/mol. The molecule has 20 heavy (non-hydrogen) atoms. The van der Waals surface area contributed by atoms with Gasteiger partial charge in [0.2, 0.25) is 0 Å². The molecule has 2 nitrogen and oxygen atoms in total. The fourth-order valence-corrected chi connectivity index (χ4v) is 3.38. The second-order valence-corrected chi connectivity index (χ2v) is 6.63. The van der Waals surface area contributed by atoms with E-state index in [1.807, 2.05) is 5.51 Å². The number of aromatic nitrogens is 1. The number of hydrogen-bond acceptors (Lipinski definition) is 3. The first kappa shape index (κ1) is 13.8. The van der Waals surface area contributed by atoms with E-state index in [1.54, 1.807) is 11.3 Å². The van der Waals surface area contributed by atoms with Crippen LogP contribution in [0.3, 0.4) is 0 Å². The van der Waals surface area contributed by atoms with Crippen molar-refractivity contribution < 1.29 is 0 Å². The van der Waals surface area contributed by atoms with E-state index in [-0.39, 0.29) is 0 Å². The SMILES string of the molecule is Cc1ncsc1CCC(CNC1CC1)c1ccccc1. The topological polar surface area (TPSA) is 24.9 Å². The zero-order valence-corrected chi connectivity index (χ0v) is 12.8. The van der Waals surface area contributed by atoms with Gasteiger partial charge in [-0.25, -0.2) is 4.98 Å². The van der Waals surface area contributed by atoms with Crippen LogP contribution in [-0.2, 0) is 6.42 Å². The van der Waals surface area contributed by atoms with Gasteiger partial charge >= 0.3 is 0 Å². The molecule has 1 saturated carbocycles. The highest BCUT2D eigenvalue weighted by Crippen LogP contribution is 2.26. The molecule has 1 aliphatic carbocycles. The van der Waals surface area contributed by atoms with Crippen molar-refractivity contribution in [2.24, 2.45) is 0 Å². The van der Waals surface area contributed by atoms with E-state index in [0.29, 0.717) is 5.92 Å². The maximum Gasteiger partial charge on any atom is 0.0797 e. The van der Waals surface area contributed by atoms with Crippen LogP contribution in [0.25, 0.3) is 0 Å². The van der Waals surface area contributed by atoms with Crippen molar-refractivity contribution in [1.29, 1.82) is 0 Å². The summed E-state index contributed by atoms with van der Waals surface area (Å²) in [6.07, 6.45) is 5.06. The number of thiazole rings is 1. The van der Waals surface area contributed by atoms with Gasteiger partial charge in [0.15, 0.2) is 0 Å². The lowest BCUT2D eigenvalue weighted by atomic mass is 9.93. The highest BCUT2D eigenvalue weighted by atomic mass is 32.1. The molecule has 1 aromatic carbocycles. The van der Waals surface area contributed by atoms with Gasteiger partial charge in [-0.05, 0) is 44.1 Å². The minimum absolute atomic E-state index is 0.610. The minimum Gasteiger partial charge on any atom is -0.313 e. The van der Waals surface area contributed by atoms with Gasteiger partial charge in [0.1, 0.15) is 0 Å². The molecule has 0 bridgehead atoms. The van der Waals surface area contributed by atoms with Crippen LogP contribution in [0.2, 0.25) is 0 Å². The molecule has 3 heteroatoms. The molecular weight excluding hydrogens is 264 g/mol. The minimum atomic E-state index is 0.610. The van der Waals surface area contributed by atoms with Gasteiger partial charge in [0, 0.05) is 17.5 Å². The van der Waals surface area contributed by atoms with Crippen molar-refractivity contribution in [3.05, 3.63) is 52.0 Å². The van der Waals surface area contributed by atoms with Gasteiger partial charge in [0.05, 0.1) is 11.2 Å².